The van der Waals surface area contributed by atoms with Gasteiger partial charge in [0.1, 0.15) is 5.75 Å². The highest BCUT2D eigenvalue weighted by molar-refractivity contribution is 5.75. The average molecular weight is 304 g/mol. The number of amides is 1. The molecule has 118 valence electrons. The Morgan fingerprint density at radius 3 is 2.48 bits per heavy atom. The Morgan fingerprint density at radius 1 is 1.33 bits per heavy atom. The number of halogens is 3. The van der Waals surface area contributed by atoms with Crippen LogP contribution >= 0.6 is 0 Å². The predicted octanol–water partition coefficient (Wildman–Crippen LogP) is 2.72. The van der Waals surface area contributed by atoms with E-state index in [4.69, 9.17) is 5.73 Å². The number of carbonyl (C=O) groups is 1. The van der Waals surface area contributed by atoms with Gasteiger partial charge >= 0.3 is 6.36 Å². The first-order chi connectivity index (χ1) is 9.76. The molecule has 4 nitrogen and oxygen atoms in total. The van der Waals surface area contributed by atoms with Gasteiger partial charge in [-0.1, -0.05) is 12.1 Å². The first-order valence-electron chi connectivity index (χ1n) is 6.63. The molecule has 1 aromatic carbocycles. The minimum Gasteiger partial charge on any atom is -0.406 e. The predicted molar refractivity (Wildman–Crippen MR) is 72.5 cm³/mol. The summed E-state index contributed by atoms with van der Waals surface area (Å²) < 4.78 is 39.7. The number of hydrogen-bond donors (Lipinski definition) is 2. The van der Waals surface area contributed by atoms with E-state index in [0.717, 1.165) is 6.42 Å². The van der Waals surface area contributed by atoms with E-state index in [-0.39, 0.29) is 24.2 Å². The van der Waals surface area contributed by atoms with Gasteiger partial charge in [-0.2, -0.15) is 0 Å². The zero-order chi connectivity index (χ0) is 15.9. The molecule has 1 unspecified atom stereocenters. The average Bonchev–Trinajstić information content (AvgIpc) is 2.35. The Bertz CT molecular complexity index is 445. The maximum Gasteiger partial charge on any atom is 0.573 e. The number of ether oxygens (including phenoxy) is 1. The number of benzene rings is 1. The summed E-state index contributed by atoms with van der Waals surface area (Å²) in [5.74, 6) is -0.388. The fourth-order valence-corrected chi connectivity index (χ4v) is 1.68. The van der Waals surface area contributed by atoms with Gasteiger partial charge in [0.15, 0.2) is 0 Å². The summed E-state index contributed by atoms with van der Waals surface area (Å²) in [6.45, 7) is 2.14. The number of hydrogen-bond acceptors (Lipinski definition) is 3. The molecule has 0 radical (unpaired) electrons. The van der Waals surface area contributed by atoms with Gasteiger partial charge in [0.25, 0.3) is 0 Å². The van der Waals surface area contributed by atoms with Crippen LogP contribution in [0.25, 0.3) is 0 Å². The van der Waals surface area contributed by atoms with Crippen molar-refractivity contribution in [2.24, 2.45) is 5.73 Å². The first kappa shape index (κ1) is 17.3. The van der Waals surface area contributed by atoms with Gasteiger partial charge in [-0.15, -0.1) is 13.2 Å². The van der Waals surface area contributed by atoms with Crippen LogP contribution in [0.5, 0.6) is 5.75 Å². The summed E-state index contributed by atoms with van der Waals surface area (Å²) in [5, 5.41) is 2.70. The van der Waals surface area contributed by atoms with E-state index in [0.29, 0.717) is 18.4 Å². The third-order valence-corrected chi connectivity index (χ3v) is 2.71. The molecule has 21 heavy (non-hydrogen) atoms. The second kappa shape index (κ2) is 7.87. The van der Waals surface area contributed by atoms with Crippen LogP contribution in [0.4, 0.5) is 13.2 Å². The van der Waals surface area contributed by atoms with Crippen LogP contribution < -0.4 is 15.8 Å². The van der Waals surface area contributed by atoms with E-state index >= 15 is 0 Å². The first-order valence-corrected chi connectivity index (χ1v) is 6.63. The largest absolute Gasteiger partial charge is 0.573 e. The molecule has 0 aromatic heterocycles. The molecule has 3 N–H and O–H groups in total. The molecule has 0 aliphatic rings. The molecule has 0 aliphatic carbocycles. The molecule has 0 fully saturated rings. The maximum absolute atomic E-state index is 12.0. The van der Waals surface area contributed by atoms with Crippen LogP contribution in [0, 0.1) is 0 Å². The summed E-state index contributed by atoms with van der Waals surface area (Å²) in [6, 6.07) is 5.45. The Labute approximate surface area is 121 Å². The summed E-state index contributed by atoms with van der Waals surface area (Å²) in [7, 11) is 0. The lowest BCUT2D eigenvalue weighted by molar-refractivity contribution is -0.274. The number of nitrogens with two attached hydrogens (primary N) is 1. The highest BCUT2D eigenvalue weighted by Gasteiger charge is 2.30. The van der Waals surface area contributed by atoms with Crippen LogP contribution in [0.2, 0.25) is 0 Å². The maximum atomic E-state index is 12.0. The summed E-state index contributed by atoms with van der Waals surface area (Å²) in [6.07, 6.45) is -2.83. The van der Waals surface area contributed by atoms with E-state index in [9.17, 15) is 18.0 Å². The van der Waals surface area contributed by atoms with Crippen LogP contribution in [0.1, 0.15) is 31.7 Å². The van der Waals surface area contributed by atoms with Gasteiger partial charge in [0.05, 0.1) is 0 Å². The van der Waals surface area contributed by atoms with E-state index < -0.39 is 6.36 Å². The molecule has 1 atom stereocenters. The van der Waals surface area contributed by atoms with Crippen LogP contribution in [-0.4, -0.2) is 18.3 Å². The second-order valence-electron chi connectivity index (χ2n) is 4.84. The van der Waals surface area contributed by atoms with Crippen molar-refractivity contribution in [2.45, 2.75) is 45.1 Å². The molecular weight excluding hydrogens is 285 g/mol. The van der Waals surface area contributed by atoms with Crippen molar-refractivity contribution < 1.29 is 22.7 Å². The van der Waals surface area contributed by atoms with Gasteiger partial charge in [0, 0.05) is 19.0 Å². The minimum atomic E-state index is -4.70. The molecule has 1 amide bonds. The van der Waals surface area contributed by atoms with Gasteiger partial charge in [-0.25, -0.2) is 0 Å². The van der Waals surface area contributed by atoms with Crippen molar-refractivity contribution in [1.29, 1.82) is 0 Å². The van der Waals surface area contributed by atoms with Crippen molar-refractivity contribution in [3.05, 3.63) is 29.8 Å². The monoisotopic (exact) mass is 304 g/mol. The smallest absolute Gasteiger partial charge is 0.406 e. The summed E-state index contributed by atoms with van der Waals surface area (Å²) in [5.41, 5.74) is 6.28. The van der Waals surface area contributed by atoms with E-state index in [1.807, 2.05) is 6.92 Å². The number of rotatable bonds is 7. The SMILES string of the molecule is CC(N)CCCC(=O)NCc1ccc(OC(F)(F)F)cc1. The Morgan fingerprint density at radius 2 is 1.95 bits per heavy atom. The molecule has 0 heterocycles. The van der Waals surface area contributed by atoms with E-state index in [1.165, 1.54) is 24.3 Å². The third-order valence-electron chi connectivity index (χ3n) is 2.71. The standard InChI is InChI=1S/C14H19F3N2O2/c1-10(18)3-2-4-13(20)19-9-11-5-7-12(8-6-11)21-14(15,16)17/h5-8,10H,2-4,9,18H2,1H3,(H,19,20). The summed E-state index contributed by atoms with van der Waals surface area (Å²) >= 11 is 0. The number of nitrogens with one attached hydrogen (secondary N) is 1. The molecule has 0 aliphatic heterocycles. The fraction of sp³-hybridized carbons (Fsp3) is 0.500. The van der Waals surface area contributed by atoms with Crippen molar-refractivity contribution in [2.75, 3.05) is 0 Å². The van der Waals surface area contributed by atoms with Crippen LogP contribution in [0.3, 0.4) is 0 Å². The number of carbonyl (C=O) groups excluding carboxylic acids is 1. The van der Waals surface area contributed by atoms with E-state index in [2.05, 4.69) is 10.1 Å². The van der Waals surface area contributed by atoms with E-state index in [1.54, 1.807) is 0 Å². The normalized spacial score (nSPS) is 12.8. The lowest BCUT2D eigenvalue weighted by Crippen LogP contribution is -2.23. The highest BCUT2D eigenvalue weighted by atomic mass is 19.4. The van der Waals surface area contributed by atoms with Crippen LogP contribution in [0.15, 0.2) is 24.3 Å². The van der Waals surface area contributed by atoms with Gasteiger partial charge in [-0.3, -0.25) is 4.79 Å². The molecule has 0 spiro atoms. The Kier molecular flexibility index (Phi) is 6.48. The highest BCUT2D eigenvalue weighted by Crippen LogP contribution is 2.22. The molecule has 0 saturated carbocycles. The minimum absolute atomic E-state index is 0.0685. The molecule has 0 bridgehead atoms. The Hall–Kier alpha value is -1.76. The zero-order valence-electron chi connectivity index (χ0n) is 11.7. The van der Waals surface area contributed by atoms with Gasteiger partial charge < -0.3 is 15.8 Å². The van der Waals surface area contributed by atoms with Gasteiger partial charge in [-0.05, 0) is 37.5 Å². The lowest BCUT2D eigenvalue weighted by atomic mass is 10.1. The lowest BCUT2D eigenvalue weighted by Gasteiger charge is -2.10. The fourth-order valence-electron chi connectivity index (χ4n) is 1.68. The molecule has 7 heteroatoms. The number of alkyl halides is 3. The molecular formula is C14H19F3N2O2. The van der Waals surface area contributed by atoms with Crippen molar-refractivity contribution in [3.8, 4) is 5.75 Å². The Balaban J connectivity index is 2.34. The third kappa shape index (κ3) is 8.19. The topological polar surface area (TPSA) is 64.4 Å². The molecule has 1 aromatic rings. The van der Waals surface area contributed by atoms with Crippen molar-refractivity contribution in [3.63, 3.8) is 0 Å². The van der Waals surface area contributed by atoms with Crippen molar-refractivity contribution >= 4 is 5.91 Å². The van der Waals surface area contributed by atoms with Crippen LogP contribution in [-0.2, 0) is 11.3 Å². The quantitative estimate of drug-likeness (QED) is 0.814. The molecule has 0 saturated heterocycles. The van der Waals surface area contributed by atoms with Crippen molar-refractivity contribution in [1.82, 2.24) is 5.32 Å². The second-order valence-corrected chi connectivity index (χ2v) is 4.84. The molecule has 1 rings (SSSR count). The zero-order valence-corrected chi connectivity index (χ0v) is 11.7. The van der Waals surface area contributed by atoms with Gasteiger partial charge in [0.2, 0.25) is 5.91 Å². The summed E-state index contributed by atoms with van der Waals surface area (Å²) in [4.78, 5) is 11.5.